The summed E-state index contributed by atoms with van der Waals surface area (Å²) >= 11 is 0. The molecule has 0 spiro atoms. The van der Waals surface area contributed by atoms with Crippen LogP contribution < -0.4 is 0 Å². The van der Waals surface area contributed by atoms with Gasteiger partial charge in [-0.3, -0.25) is 9.67 Å². The van der Waals surface area contributed by atoms with Crippen molar-refractivity contribution >= 4 is 21.9 Å². The van der Waals surface area contributed by atoms with Crippen molar-refractivity contribution in [2.75, 3.05) is 0 Å². The molecule has 4 aromatic rings. The number of H-pyrrole nitrogens is 1. The van der Waals surface area contributed by atoms with Gasteiger partial charge < -0.3 is 0 Å². The maximum Gasteiger partial charge on any atom is 0.165 e. The number of fused-ring (bicyclic) bond motifs is 5. The van der Waals surface area contributed by atoms with Crippen molar-refractivity contribution in [2.45, 2.75) is 39.5 Å². The molecule has 4 heteroatoms. The molecule has 0 amide bonds. The third kappa shape index (κ3) is 1.77. The number of para-hydroxylation sites is 1. The van der Waals surface area contributed by atoms with Crippen LogP contribution in [0.5, 0.6) is 0 Å². The van der Waals surface area contributed by atoms with Crippen molar-refractivity contribution in [3.8, 4) is 5.82 Å². The number of benzene rings is 1. The van der Waals surface area contributed by atoms with Gasteiger partial charge in [-0.2, -0.15) is 5.10 Å². The SMILES string of the molecule is CC(C)Cc1[nH]nc2c1C(C)(C)c1cccc3c4cccnc4n-2c13. The molecule has 1 N–H and O–H groups in total. The number of rotatable bonds is 2. The molecule has 0 saturated carbocycles. The topological polar surface area (TPSA) is 46.5 Å². The normalized spacial score (nSPS) is 15.2. The summed E-state index contributed by atoms with van der Waals surface area (Å²) < 4.78 is 2.25. The standard InChI is InChI=1S/C21H22N4/c1-12(2)11-16-17-20(24-23-16)25-18-13(14-8-6-10-22-19(14)25)7-5-9-15(18)21(17,3)4/h5-10,12H,11H2,1-4H3,(H,23,24). The van der Waals surface area contributed by atoms with Crippen molar-refractivity contribution in [1.29, 1.82) is 0 Å². The second-order valence-corrected chi connectivity index (χ2v) is 8.04. The molecule has 1 aromatic carbocycles. The van der Waals surface area contributed by atoms with E-state index in [1.165, 1.54) is 33.1 Å². The highest BCUT2D eigenvalue weighted by molar-refractivity contribution is 6.10. The van der Waals surface area contributed by atoms with E-state index in [0.717, 1.165) is 17.9 Å². The second kappa shape index (κ2) is 4.72. The lowest BCUT2D eigenvalue weighted by Gasteiger charge is -2.32. The molecule has 0 fully saturated rings. The number of aromatic amines is 1. The van der Waals surface area contributed by atoms with Crippen LogP contribution >= 0.6 is 0 Å². The van der Waals surface area contributed by atoms with E-state index < -0.39 is 0 Å². The zero-order valence-corrected chi connectivity index (χ0v) is 15.1. The van der Waals surface area contributed by atoms with Crippen LogP contribution in [-0.2, 0) is 11.8 Å². The fraction of sp³-hybridized carbons (Fsp3) is 0.333. The smallest absolute Gasteiger partial charge is 0.165 e. The number of hydrogen-bond acceptors (Lipinski definition) is 2. The lowest BCUT2D eigenvalue weighted by atomic mass is 9.74. The molecule has 1 aliphatic heterocycles. The summed E-state index contributed by atoms with van der Waals surface area (Å²) in [7, 11) is 0. The highest BCUT2D eigenvalue weighted by Gasteiger charge is 2.39. The summed E-state index contributed by atoms with van der Waals surface area (Å²) in [5, 5.41) is 10.5. The van der Waals surface area contributed by atoms with Crippen LogP contribution in [0.4, 0.5) is 0 Å². The van der Waals surface area contributed by atoms with Crippen LogP contribution in [0.15, 0.2) is 36.5 Å². The zero-order chi connectivity index (χ0) is 17.3. The predicted octanol–water partition coefficient (Wildman–Crippen LogP) is 4.74. The molecule has 0 aliphatic carbocycles. The zero-order valence-electron chi connectivity index (χ0n) is 15.1. The predicted molar refractivity (Wildman–Crippen MR) is 101 cm³/mol. The molecule has 4 nitrogen and oxygen atoms in total. The Hall–Kier alpha value is -2.62. The minimum Gasteiger partial charge on any atom is -0.280 e. The molecular weight excluding hydrogens is 308 g/mol. The molecule has 1 aliphatic rings. The van der Waals surface area contributed by atoms with Crippen molar-refractivity contribution in [1.82, 2.24) is 19.7 Å². The monoisotopic (exact) mass is 330 g/mol. The lowest BCUT2D eigenvalue weighted by Crippen LogP contribution is -2.27. The molecule has 25 heavy (non-hydrogen) atoms. The van der Waals surface area contributed by atoms with Crippen LogP contribution in [0.1, 0.15) is 44.5 Å². The number of aromatic nitrogens is 4. The van der Waals surface area contributed by atoms with Gasteiger partial charge in [0.1, 0.15) is 5.65 Å². The van der Waals surface area contributed by atoms with Crippen molar-refractivity contribution in [3.63, 3.8) is 0 Å². The van der Waals surface area contributed by atoms with E-state index in [2.05, 4.69) is 61.6 Å². The highest BCUT2D eigenvalue weighted by Crippen LogP contribution is 2.47. The Morgan fingerprint density at radius 3 is 2.72 bits per heavy atom. The number of nitrogens with one attached hydrogen (secondary N) is 1. The number of nitrogens with zero attached hydrogens (tertiary/aromatic N) is 3. The van der Waals surface area contributed by atoms with E-state index in [1.807, 2.05) is 12.3 Å². The van der Waals surface area contributed by atoms with E-state index in [9.17, 15) is 0 Å². The molecule has 0 unspecified atom stereocenters. The van der Waals surface area contributed by atoms with E-state index in [1.54, 1.807) is 0 Å². The highest BCUT2D eigenvalue weighted by atomic mass is 15.2. The molecule has 0 saturated heterocycles. The Morgan fingerprint density at radius 2 is 1.92 bits per heavy atom. The molecule has 0 radical (unpaired) electrons. The van der Waals surface area contributed by atoms with Crippen LogP contribution in [0.2, 0.25) is 0 Å². The Kier molecular flexibility index (Phi) is 2.77. The van der Waals surface area contributed by atoms with Gasteiger partial charge in [0.25, 0.3) is 0 Å². The first-order valence-corrected chi connectivity index (χ1v) is 8.97. The summed E-state index contributed by atoms with van der Waals surface area (Å²) in [4.78, 5) is 4.69. The van der Waals surface area contributed by atoms with Crippen LogP contribution in [0.25, 0.3) is 27.8 Å². The molecule has 5 rings (SSSR count). The molecule has 4 heterocycles. The molecular formula is C21H22N4. The Balaban J connectivity index is 1.98. The molecule has 0 atom stereocenters. The summed E-state index contributed by atoms with van der Waals surface area (Å²) in [6, 6.07) is 10.8. The third-order valence-electron chi connectivity index (χ3n) is 5.49. The maximum absolute atomic E-state index is 4.75. The van der Waals surface area contributed by atoms with Gasteiger partial charge in [0.2, 0.25) is 0 Å². The largest absolute Gasteiger partial charge is 0.280 e. The van der Waals surface area contributed by atoms with Crippen LogP contribution in [0.3, 0.4) is 0 Å². The Labute approximate surface area is 146 Å². The van der Waals surface area contributed by atoms with E-state index in [-0.39, 0.29) is 5.41 Å². The molecule has 3 aromatic heterocycles. The first kappa shape index (κ1) is 14.7. The fourth-order valence-corrected chi connectivity index (χ4v) is 4.48. The van der Waals surface area contributed by atoms with Gasteiger partial charge >= 0.3 is 0 Å². The van der Waals surface area contributed by atoms with E-state index in [0.29, 0.717) is 5.92 Å². The van der Waals surface area contributed by atoms with Crippen molar-refractivity contribution in [3.05, 3.63) is 53.3 Å². The average molecular weight is 330 g/mol. The molecule has 0 bridgehead atoms. The minimum absolute atomic E-state index is 0.0869. The van der Waals surface area contributed by atoms with E-state index in [4.69, 9.17) is 10.1 Å². The van der Waals surface area contributed by atoms with Crippen molar-refractivity contribution < 1.29 is 0 Å². The third-order valence-corrected chi connectivity index (χ3v) is 5.49. The summed E-state index contributed by atoms with van der Waals surface area (Å²) in [5.41, 5.74) is 6.05. The number of hydrogen-bond donors (Lipinski definition) is 1. The quantitative estimate of drug-likeness (QED) is 0.577. The van der Waals surface area contributed by atoms with Crippen LogP contribution in [0, 0.1) is 5.92 Å². The lowest BCUT2D eigenvalue weighted by molar-refractivity contribution is 0.590. The minimum atomic E-state index is -0.0869. The first-order chi connectivity index (χ1) is 12.0. The Morgan fingerprint density at radius 1 is 1.12 bits per heavy atom. The van der Waals surface area contributed by atoms with Crippen molar-refractivity contribution in [2.24, 2.45) is 5.92 Å². The number of pyridine rings is 1. The summed E-state index contributed by atoms with van der Waals surface area (Å²) in [6.07, 6.45) is 2.87. The van der Waals surface area contributed by atoms with Gasteiger partial charge in [-0.05, 0) is 30.0 Å². The van der Waals surface area contributed by atoms with Gasteiger partial charge in [0, 0.05) is 33.6 Å². The van der Waals surface area contributed by atoms with Gasteiger partial charge in [0.15, 0.2) is 5.82 Å². The fourth-order valence-electron chi connectivity index (χ4n) is 4.48. The van der Waals surface area contributed by atoms with Gasteiger partial charge in [-0.1, -0.05) is 45.9 Å². The van der Waals surface area contributed by atoms with Crippen LogP contribution in [-0.4, -0.2) is 19.7 Å². The second-order valence-electron chi connectivity index (χ2n) is 8.04. The van der Waals surface area contributed by atoms with E-state index >= 15 is 0 Å². The maximum atomic E-state index is 4.75. The van der Waals surface area contributed by atoms with Gasteiger partial charge in [0.05, 0.1) is 5.52 Å². The summed E-state index contributed by atoms with van der Waals surface area (Å²) in [6.45, 7) is 9.13. The summed E-state index contributed by atoms with van der Waals surface area (Å²) in [5.74, 6) is 1.59. The van der Waals surface area contributed by atoms with Gasteiger partial charge in [-0.25, -0.2) is 4.98 Å². The average Bonchev–Trinajstić information content (AvgIpc) is 3.13. The Bertz CT molecular complexity index is 1130. The molecule has 126 valence electrons. The van der Waals surface area contributed by atoms with Gasteiger partial charge in [-0.15, -0.1) is 0 Å². The first-order valence-electron chi connectivity index (χ1n) is 8.97.